The summed E-state index contributed by atoms with van der Waals surface area (Å²) in [6, 6.07) is 0. The van der Waals surface area contributed by atoms with Crippen LogP contribution in [0.4, 0.5) is 5.69 Å². The predicted molar refractivity (Wildman–Crippen MR) is 61.5 cm³/mol. The number of amidine groups is 1. The number of hydroxylamine groups is 1. The highest BCUT2D eigenvalue weighted by molar-refractivity contribution is 5.98. The van der Waals surface area contributed by atoms with Crippen LogP contribution in [0.2, 0.25) is 0 Å². The highest BCUT2D eigenvalue weighted by Crippen LogP contribution is 2.14. The number of hydrogen-bond acceptors (Lipinski definition) is 5. The Morgan fingerprint density at radius 1 is 1.50 bits per heavy atom. The molecular weight excluding hydrogens is 206 g/mol. The number of nitrogen functional groups attached to an aromatic ring is 1. The van der Waals surface area contributed by atoms with Gasteiger partial charge in [0.25, 0.3) is 0 Å². The zero-order chi connectivity index (χ0) is 12.3. The molecule has 0 amide bonds. The fraction of sp³-hybridized carbons (Fsp3) is 0.500. The Balaban J connectivity index is 3.16. The molecule has 0 radical (unpaired) electrons. The molecule has 1 rings (SSSR count). The number of hydrogen-bond donors (Lipinski definition) is 4. The van der Waals surface area contributed by atoms with Gasteiger partial charge in [-0.2, -0.15) is 0 Å². The van der Waals surface area contributed by atoms with Gasteiger partial charge in [0, 0.05) is 6.42 Å². The topological polar surface area (TPSA) is 108 Å². The molecule has 0 bridgehead atoms. The minimum absolute atomic E-state index is 0.215. The third-order valence-electron chi connectivity index (χ3n) is 2.12. The largest absolute Gasteiger partial charge is 0.395 e. The van der Waals surface area contributed by atoms with Crippen molar-refractivity contribution >= 4 is 11.5 Å². The van der Waals surface area contributed by atoms with Crippen molar-refractivity contribution in [2.24, 2.45) is 5.92 Å². The molecule has 0 unspecified atom stereocenters. The number of aromatic nitrogens is 2. The molecule has 0 saturated carbocycles. The lowest BCUT2D eigenvalue weighted by molar-refractivity contribution is 0.234. The van der Waals surface area contributed by atoms with E-state index in [1.165, 1.54) is 0 Å². The summed E-state index contributed by atoms with van der Waals surface area (Å²) in [6.45, 7) is 5.88. The Bertz CT molecular complexity index is 402. The Morgan fingerprint density at radius 3 is 2.62 bits per heavy atom. The summed E-state index contributed by atoms with van der Waals surface area (Å²) in [6.07, 6.45) is 0.715. The second-order valence-electron chi connectivity index (χ2n) is 4.07. The molecule has 1 aromatic heterocycles. The molecule has 0 spiro atoms. The van der Waals surface area contributed by atoms with Gasteiger partial charge in [0.2, 0.25) is 0 Å². The number of rotatable bonds is 3. The van der Waals surface area contributed by atoms with E-state index in [1.54, 1.807) is 12.4 Å². The fourth-order valence-electron chi connectivity index (χ4n) is 1.34. The maximum atomic E-state index is 8.69. The van der Waals surface area contributed by atoms with Crippen LogP contribution < -0.4 is 11.2 Å². The van der Waals surface area contributed by atoms with E-state index < -0.39 is 0 Å². The van der Waals surface area contributed by atoms with Crippen LogP contribution in [-0.2, 0) is 6.42 Å². The van der Waals surface area contributed by atoms with Crippen LogP contribution in [0.15, 0.2) is 0 Å². The van der Waals surface area contributed by atoms with Crippen LogP contribution >= 0.6 is 0 Å². The normalized spacial score (nSPS) is 10.6. The van der Waals surface area contributed by atoms with E-state index in [-0.39, 0.29) is 11.5 Å². The molecule has 16 heavy (non-hydrogen) atoms. The molecular formula is C10H17N5O. The van der Waals surface area contributed by atoms with Crippen molar-refractivity contribution in [1.82, 2.24) is 15.4 Å². The van der Waals surface area contributed by atoms with E-state index in [2.05, 4.69) is 23.8 Å². The van der Waals surface area contributed by atoms with Crippen LogP contribution in [0.3, 0.4) is 0 Å². The van der Waals surface area contributed by atoms with Gasteiger partial charge in [-0.05, 0) is 12.8 Å². The summed E-state index contributed by atoms with van der Waals surface area (Å²) in [5, 5.41) is 16.1. The fourth-order valence-corrected chi connectivity index (χ4v) is 1.34. The molecule has 5 N–H and O–H groups in total. The van der Waals surface area contributed by atoms with Gasteiger partial charge in [0.1, 0.15) is 11.5 Å². The highest BCUT2D eigenvalue weighted by Gasteiger charge is 2.13. The van der Waals surface area contributed by atoms with Gasteiger partial charge in [-0.1, -0.05) is 13.8 Å². The highest BCUT2D eigenvalue weighted by atomic mass is 16.5. The summed E-state index contributed by atoms with van der Waals surface area (Å²) < 4.78 is 0. The molecule has 0 aliphatic rings. The maximum Gasteiger partial charge on any atom is 0.170 e. The first-order valence-corrected chi connectivity index (χ1v) is 5.07. The van der Waals surface area contributed by atoms with Crippen LogP contribution in [0.25, 0.3) is 0 Å². The van der Waals surface area contributed by atoms with Gasteiger partial charge in [-0.15, -0.1) is 0 Å². The van der Waals surface area contributed by atoms with E-state index in [9.17, 15) is 0 Å². The monoisotopic (exact) mass is 223 g/mol. The molecule has 0 aromatic carbocycles. The molecule has 0 aliphatic heterocycles. The van der Waals surface area contributed by atoms with Crippen molar-refractivity contribution < 1.29 is 5.21 Å². The molecule has 0 fully saturated rings. The van der Waals surface area contributed by atoms with Gasteiger partial charge in [0.15, 0.2) is 5.84 Å². The third-order valence-corrected chi connectivity index (χ3v) is 2.12. The lowest BCUT2D eigenvalue weighted by Gasteiger charge is -2.11. The number of nitrogens with two attached hydrogens (primary N) is 1. The first kappa shape index (κ1) is 12.4. The van der Waals surface area contributed by atoms with Gasteiger partial charge < -0.3 is 5.73 Å². The SMILES string of the molecule is Cc1nc(CC(C)C)nc(C(=N)NO)c1N. The summed E-state index contributed by atoms with van der Waals surface area (Å²) >= 11 is 0. The first-order valence-electron chi connectivity index (χ1n) is 5.07. The summed E-state index contributed by atoms with van der Waals surface area (Å²) in [5.41, 5.74) is 8.67. The van der Waals surface area contributed by atoms with Crippen LogP contribution in [0, 0.1) is 18.3 Å². The quantitative estimate of drug-likeness (QED) is 0.345. The lowest BCUT2D eigenvalue weighted by Crippen LogP contribution is -2.23. The lowest BCUT2D eigenvalue weighted by atomic mass is 10.1. The smallest absolute Gasteiger partial charge is 0.170 e. The minimum atomic E-state index is -0.215. The summed E-state index contributed by atoms with van der Waals surface area (Å²) in [7, 11) is 0. The van der Waals surface area contributed by atoms with E-state index in [1.807, 2.05) is 0 Å². The van der Waals surface area contributed by atoms with Crippen molar-refractivity contribution in [2.75, 3.05) is 5.73 Å². The Hall–Kier alpha value is -1.69. The predicted octanol–water partition coefficient (Wildman–Crippen LogP) is 0.870. The molecule has 0 saturated heterocycles. The average Bonchev–Trinajstić information content (AvgIpc) is 2.21. The standard InChI is InChI=1S/C10H17N5O/c1-5(2)4-7-13-6(3)8(11)9(14-7)10(12)15-16/h5,16H,4,11H2,1-3H3,(H2,12,15). The summed E-state index contributed by atoms with van der Waals surface area (Å²) in [5.74, 6) is 0.844. The third kappa shape index (κ3) is 2.66. The van der Waals surface area contributed by atoms with Gasteiger partial charge in [-0.3, -0.25) is 16.1 Å². The van der Waals surface area contributed by atoms with Gasteiger partial charge in [-0.25, -0.2) is 9.97 Å². The Labute approximate surface area is 94.4 Å². The molecule has 6 nitrogen and oxygen atoms in total. The van der Waals surface area contributed by atoms with Crippen molar-refractivity contribution in [3.8, 4) is 0 Å². The first-order chi connectivity index (χ1) is 7.45. The second-order valence-corrected chi connectivity index (χ2v) is 4.07. The van der Waals surface area contributed by atoms with Gasteiger partial charge in [0.05, 0.1) is 11.4 Å². The van der Waals surface area contributed by atoms with Crippen molar-refractivity contribution in [1.29, 1.82) is 5.41 Å². The van der Waals surface area contributed by atoms with E-state index in [0.717, 1.165) is 0 Å². The molecule has 1 heterocycles. The molecule has 6 heteroatoms. The van der Waals surface area contributed by atoms with E-state index in [4.69, 9.17) is 16.4 Å². The average molecular weight is 223 g/mol. The maximum absolute atomic E-state index is 8.69. The van der Waals surface area contributed by atoms with Crippen molar-refractivity contribution in [3.63, 3.8) is 0 Å². The van der Waals surface area contributed by atoms with E-state index in [0.29, 0.717) is 29.5 Å². The van der Waals surface area contributed by atoms with Gasteiger partial charge >= 0.3 is 0 Å². The Kier molecular flexibility index (Phi) is 3.78. The van der Waals surface area contributed by atoms with Crippen LogP contribution in [-0.4, -0.2) is 21.0 Å². The number of nitrogens with zero attached hydrogens (tertiary/aromatic N) is 2. The zero-order valence-corrected chi connectivity index (χ0v) is 9.70. The number of aryl methyl sites for hydroxylation is 1. The number of nitrogens with one attached hydrogen (secondary N) is 2. The molecule has 0 aliphatic carbocycles. The minimum Gasteiger partial charge on any atom is -0.395 e. The second kappa shape index (κ2) is 4.89. The van der Waals surface area contributed by atoms with Crippen LogP contribution in [0.5, 0.6) is 0 Å². The molecule has 0 atom stereocenters. The zero-order valence-electron chi connectivity index (χ0n) is 9.70. The van der Waals surface area contributed by atoms with E-state index >= 15 is 0 Å². The van der Waals surface area contributed by atoms with Crippen molar-refractivity contribution in [3.05, 3.63) is 17.2 Å². The van der Waals surface area contributed by atoms with Crippen molar-refractivity contribution in [2.45, 2.75) is 27.2 Å². The molecule has 88 valence electrons. The number of anilines is 1. The Morgan fingerprint density at radius 2 is 2.12 bits per heavy atom. The summed E-state index contributed by atoms with van der Waals surface area (Å²) in [4.78, 5) is 8.41. The van der Waals surface area contributed by atoms with Crippen LogP contribution in [0.1, 0.15) is 31.1 Å². The molecule has 1 aromatic rings.